The summed E-state index contributed by atoms with van der Waals surface area (Å²) in [4.78, 5) is 0. The van der Waals surface area contributed by atoms with E-state index in [-0.39, 0.29) is 0 Å². The molecule has 0 amide bonds. The lowest BCUT2D eigenvalue weighted by Gasteiger charge is -1.99. The van der Waals surface area contributed by atoms with E-state index in [4.69, 9.17) is 0 Å². The lowest BCUT2D eigenvalue weighted by Crippen LogP contribution is -2.32. The van der Waals surface area contributed by atoms with E-state index in [1.807, 2.05) is 0 Å². The van der Waals surface area contributed by atoms with Crippen LogP contribution in [0.5, 0.6) is 0 Å². The van der Waals surface area contributed by atoms with Crippen molar-refractivity contribution in [3.8, 4) is 0 Å². The molecule has 0 aliphatic rings. The highest BCUT2D eigenvalue weighted by atomic mass is 15.1. The monoisotopic (exact) mass is 217 g/mol. The van der Waals surface area contributed by atoms with Crippen LogP contribution >= 0.6 is 0 Å². The van der Waals surface area contributed by atoms with Gasteiger partial charge in [0.05, 0.1) is 12.6 Å². The molecule has 1 aromatic heterocycles. The maximum absolute atomic E-state index is 2.37. The van der Waals surface area contributed by atoms with Crippen molar-refractivity contribution in [2.75, 3.05) is 0 Å². The molecule has 0 fully saturated rings. The number of aromatic nitrogens is 2. The second-order valence-electron chi connectivity index (χ2n) is 4.65. The van der Waals surface area contributed by atoms with Gasteiger partial charge in [0.25, 0.3) is 0 Å². The van der Waals surface area contributed by atoms with E-state index in [2.05, 4.69) is 60.5 Å². The van der Waals surface area contributed by atoms with Crippen LogP contribution in [0.2, 0.25) is 0 Å². The lowest BCUT2D eigenvalue weighted by atomic mass is 10.3. The number of hydrogen-bond donors (Lipinski definition) is 0. The van der Waals surface area contributed by atoms with E-state index >= 15 is 0 Å². The number of benzene rings is 1. The van der Waals surface area contributed by atoms with Crippen LogP contribution in [0.15, 0.2) is 30.6 Å². The lowest BCUT2D eigenvalue weighted by molar-refractivity contribution is -0.672. The van der Waals surface area contributed by atoms with Crippen LogP contribution in [0.3, 0.4) is 0 Å². The molecule has 2 heteroatoms. The summed E-state index contributed by atoms with van der Waals surface area (Å²) in [7, 11) is 0. The molecule has 86 valence electrons. The minimum Gasteiger partial charge on any atom is -0.230 e. The van der Waals surface area contributed by atoms with Gasteiger partial charge in [-0.1, -0.05) is 25.5 Å². The number of fused-ring (bicyclic) bond motifs is 1. The first-order chi connectivity index (χ1) is 7.74. The van der Waals surface area contributed by atoms with Crippen LogP contribution in [0.25, 0.3) is 11.0 Å². The van der Waals surface area contributed by atoms with Crippen LogP contribution in [0.4, 0.5) is 0 Å². The molecule has 0 saturated heterocycles. The number of nitrogens with zero attached hydrogens (tertiary/aromatic N) is 2. The largest absolute Gasteiger partial charge is 0.244 e. The molecule has 0 unspecified atom stereocenters. The number of para-hydroxylation sites is 2. The summed E-state index contributed by atoms with van der Waals surface area (Å²) in [6, 6.07) is 9.18. The standard InChI is InChI=1S/C14H21N2/c1-4-5-10-15-11-16(12(2)3)14-9-7-6-8-13(14)15/h6-9,11-12H,4-5,10H2,1-3H3/q+1. The second-order valence-corrected chi connectivity index (χ2v) is 4.65. The van der Waals surface area contributed by atoms with Crippen molar-refractivity contribution in [1.29, 1.82) is 0 Å². The smallest absolute Gasteiger partial charge is 0.230 e. The number of aryl methyl sites for hydroxylation is 1. The van der Waals surface area contributed by atoms with Crippen LogP contribution in [-0.2, 0) is 6.54 Å². The number of rotatable bonds is 4. The first-order valence-electron chi connectivity index (χ1n) is 6.23. The van der Waals surface area contributed by atoms with Crippen LogP contribution in [0, 0.1) is 0 Å². The number of hydrogen-bond acceptors (Lipinski definition) is 0. The molecule has 1 heterocycles. The molecule has 1 aromatic carbocycles. The molecule has 2 rings (SSSR count). The Morgan fingerprint density at radius 1 is 1.25 bits per heavy atom. The highest BCUT2D eigenvalue weighted by Crippen LogP contribution is 2.15. The molecular formula is C14H21N2+. The van der Waals surface area contributed by atoms with Crippen molar-refractivity contribution in [2.45, 2.75) is 46.2 Å². The molecular weight excluding hydrogens is 196 g/mol. The third-order valence-electron chi connectivity index (χ3n) is 3.04. The Labute approximate surface area is 97.5 Å². The normalized spacial score (nSPS) is 11.5. The predicted octanol–water partition coefficient (Wildman–Crippen LogP) is 3.31. The van der Waals surface area contributed by atoms with Gasteiger partial charge in [0.2, 0.25) is 6.33 Å². The first kappa shape index (κ1) is 11.2. The third-order valence-corrected chi connectivity index (χ3v) is 3.04. The quantitative estimate of drug-likeness (QED) is 0.695. The minimum absolute atomic E-state index is 0.521. The zero-order valence-electron chi connectivity index (χ0n) is 10.5. The molecule has 0 spiro atoms. The zero-order valence-corrected chi connectivity index (χ0v) is 10.5. The molecule has 2 aromatic rings. The van der Waals surface area contributed by atoms with Gasteiger partial charge in [-0.05, 0) is 32.4 Å². The Morgan fingerprint density at radius 3 is 2.69 bits per heavy atom. The van der Waals surface area contributed by atoms with Gasteiger partial charge in [0.15, 0.2) is 11.0 Å². The highest BCUT2D eigenvalue weighted by Gasteiger charge is 2.16. The summed E-state index contributed by atoms with van der Waals surface area (Å²) in [5, 5.41) is 0. The zero-order chi connectivity index (χ0) is 11.5. The van der Waals surface area contributed by atoms with Gasteiger partial charge in [-0.15, -0.1) is 0 Å². The molecule has 0 aliphatic heterocycles. The SMILES string of the molecule is CCCC[n+]1cn(C(C)C)c2ccccc21. The maximum Gasteiger partial charge on any atom is 0.244 e. The van der Waals surface area contributed by atoms with E-state index in [1.54, 1.807) is 0 Å². The van der Waals surface area contributed by atoms with Crippen LogP contribution in [-0.4, -0.2) is 4.57 Å². The molecule has 0 aliphatic carbocycles. The van der Waals surface area contributed by atoms with Gasteiger partial charge >= 0.3 is 0 Å². The second kappa shape index (κ2) is 4.69. The fourth-order valence-electron chi connectivity index (χ4n) is 2.12. The van der Waals surface area contributed by atoms with Crippen molar-refractivity contribution in [3.05, 3.63) is 30.6 Å². The molecule has 0 radical (unpaired) electrons. The average molecular weight is 217 g/mol. The van der Waals surface area contributed by atoms with Gasteiger partial charge in [-0.3, -0.25) is 0 Å². The average Bonchev–Trinajstić information content (AvgIpc) is 2.65. The van der Waals surface area contributed by atoms with E-state index in [1.165, 1.54) is 23.9 Å². The Bertz CT molecular complexity index is 469. The van der Waals surface area contributed by atoms with Gasteiger partial charge in [-0.2, -0.15) is 0 Å². The first-order valence-corrected chi connectivity index (χ1v) is 6.23. The molecule has 0 bridgehead atoms. The third kappa shape index (κ3) is 1.97. The molecule has 0 N–H and O–H groups in total. The minimum atomic E-state index is 0.521. The topological polar surface area (TPSA) is 8.81 Å². The maximum atomic E-state index is 2.37. The Hall–Kier alpha value is -1.31. The number of unbranched alkanes of at least 4 members (excludes halogenated alkanes) is 1. The molecule has 2 nitrogen and oxygen atoms in total. The van der Waals surface area contributed by atoms with E-state index < -0.39 is 0 Å². The van der Waals surface area contributed by atoms with Crippen LogP contribution in [0.1, 0.15) is 39.7 Å². The van der Waals surface area contributed by atoms with Gasteiger partial charge < -0.3 is 0 Å². The van der Waals surface area contributed by atoms with Gasteiger partial charge in [0, 0.05) is 0 Å². The summed E-state index contributed by atoms with van der Waals surface area (Å²) in [5.41, 5.74) is 2.69. The Balaban J connectivity index is 2.49. The Kier molecular flexibility index (Phi) is 3.28. The number of imidazole rings is 1. The molecule has 0 saturated carbocycles. The van der Waals surface area contributed by atoms with Gasteiger partial charge in [-0.25, -0.2) is 9.13 Å². The summed E-state index contributed by atoms with van der Waals surface area (Å²) < 4.78 is 4.73. The highest BCUT2D eigenvalue weighted by molar-refractivity contribution is 5.71. The fraction of sp³-hybridized carbons (Fsp3) is 0.500. The summed E-state index contributed by atoms with van der Waals surface area (Å²) >= 11 is 0. The summed E-state index contributed by atoms with van der Waals surface area (Å²) in [6.45, 7) is 7.83. The van der Waals surface area contributed by atoms with Crippen molar-refractivity contribution >= 4 is 11.0 Å². The summed E-state index contributed by atoms with van der Waals surface area (Å²) in [6.07, 6.45) is 4.75. The van der Waals surface area contributed by atoms with Gasteiger partial charge in [0.1, 0.15) is 0 Å². The fourth-order valence-corrected chi connectivity index (χ4v) is 2.12. The summed E-state index contributed by atoms with van der Waals surface area (Å²) in [5.74, 6) is 0. The molecule has 16 heavy (non-hydrogen) atoms. The van der Waals surface area contributed by atoms with E-state index in [0.29, 0.717) is 6.04 Å². The predicted molar refractivity (Wildman–Crippen MR) is 67.4 cm³/mol. The van der Waals surface area contributed by atoms with Crippen molar-refractivity contribution in [2.24, 2.45) is 0 Å². The van der Waals surface area contributed by atoms with Crippen molar-refractivity contribution in [3.63, 3.8) is 0 Å². The Morgan fingerprint density at radius 2 is 2.00 bits per heavy atom. The van der Waals surface area contributed by atoms with E-state index in [9.17, 15) is 0 Å². The van der Waals surface area contributed by atoms with Crippen molar-refractivity contribution in [1.82, 2.24) is 4.57 Å². The van der Waals surface area contributed by atoms with Crippen LogP contribution < -0.4 is 4.57 Å². The van der Waals surface area contributed by atoms with E-state index in [0.717, 1.165) is 6.54 Å². The molecule has 0 atom stereocenters. The van der Waals surface area contributed by atoms with Crippen molar-refractivity contribution < 1.29 is 4.57 Å².